The number of anilines is 1. The number of nitrogens with one attached hydrogen (secondary N) is 2. The zero-order valence-electron chi connectivity index (χ0n) is 19.3. The van der Waals surface area contributed by atoms with Crippen LogP contribution in [0.2, 0.25) is 0 Å². The van der Waals surface area contributed by atoms with E-state index < -0.39 is 34.2 Å². The third-order valence-electron chi connectivity index (χ3n) is 6.52. The second-order valence-electron chi connectivity index (χ2n) is 8.85. The first-order valence-electron chi connectivity index (χ1n) is 11.6. The van der Waals surface area contributed by atoms with Gasteiger partial charge in [-0.2, -0.15) is 21.6 Å². The van der Waals surface area contributed by atoms with Crippen LogP contribution in [-0.2, 0) is 25.9 Å². The van der Waals surface area contributed by atoms with Crippen LogP contribution in [0.15, 0.2) is 57.3 Å². The first kappa shape index (κ1) is 24.6. The van der Waals surface area contributed by atoms with Crippen LogP contribution in [0, 0.1) is 5.92 Å². The molecule has 192 valence electrons. The number of halogens is 3. The molecule has 2 aromatic carbocycles. The van der Waals surface area contributed by atoms with Crippen molar-refractivity contribution in [2.45, 2.75) is 44.2 Å². The summed E-state index contributed by atoms with van der Waals surface area (Å²) >= 11 is 0. The quantitative estimate of drug-likeness (QED) is 0.618. The molecule has 1 fully saturated rings. The van der Waals surface area contributed by atoms with E-state index in [9.17, 15) is 21.6 Å². The molecule has 0 amide bonds. The van der Waals surface area contributed by atoms with Gasteiger partial charge in [-0.1, -0.05) is 30.3 Å². The third kappa shape index (κ3) is 4.92. The van der Waals surface area contributed by atoms with Crippen LogP contribution in [0.3, 0.4) is 0 Å². The maximum atomic E-state index is 13.5. The van der Waals surface area contributed by atoms with E-state index in [4.69, 9.17) is 9.47 Å². The Hall–Kier alpha value is -3.12. The van der Waals surface area contributed by atoms with Crippen LogP contribution < -0.4 is 10.6 Å². The topological polar surface area (TPSA) is 101 Å². The number of fused-ring (bicyclic) bond motifs is 3. The zero-order chi connectivity index (χ0) is 25.5. The number of ether oxygens (including phenoxy) is 2. The SMILES string of the molecule is CCOC1=NS(=O)(=O)N=C1NC[C@H]1CC[C@@H]2[C@H](O1)c1cc(C(F)(F)F)ccc1N[C@H]2c1ccccc1. The highest BCUT2D eigenvalue weighted by molar-refractivity contribution is 7.89. The molecule has 2 aromatic rings. The fraction of sp³-hybridized carbons (Fsp3) is 0.417. The number of alkyl halides is 3. The lowest BCUT2D eigenvalue weighted by Crippen LogP contribution is -2.44. The molecule has 4 atom stereocenters. The lowest BCUT2D eigenvalue weighted by Gasteiger charge is -2.46. The van der Waals surface area contributed by atoms with E-state index in [0.29, 0.717) is 24.1 Å². The van der Waals surface area contributed by atoms with Crippen molar-refractivity contribution in [3.05, 3.63) is 65.2 Å². The maximum Gasteiger partial charge on any atom is 0.416 e. The molecule has 36 heavy (non-hydrogen) atoms. The number of nitrogens with zero attached hydrogens (tertiary/aromatic N) is 2. The van der Waals surface area contributed by atoms with E-state index in [1.165, 1.54) is 6.07 Å². The summed E-state index contributed by atoms with van der Waals surface area (Å²) in [5.41, 5.74) is 1.36. The Morgan fingerprint density at radius 3 is 2.64 bits per heavy atom. The van der Waals surface area contributed by atoms with Gasteiger partial charge in [-0.15, -0.1) is 8.80 Å². The molecular weight excluding hydrogens is 497 g/mol. The van der Waals surface area contributed by atoms with Crippen molar-refractivity contribution in [1.82, 2.24) is 5.32 Å². The molecule has 2 N–H and O–H groups in total. The largest absolute Gasteiger partial charge is 0.475 e. The van der Waals surface area contributed by atoms with Crippen molar-refractivity contribution in [3.63, 3.8) is 0 Å². The van der Waals surface area contributed by atoms with Crippen LogP contribution >= 0.6 is 0 Å². The molecule has 3 aliphatic rings. The minimum absolute atomic E-state index is 0.00481. The molecule has 8 nitrogen and oxygen atoms in total. The van der Waals surface area contributed by atoms with Gasteiger partial charge in [-0.05, 0) is 43.5 Å². The van der Waals surface area contributed by atoms with Gasteiger partial charge in [0.05, 0.1) is 30.4 Å². The summed E-state index contributed by atoms with van der Waals surface area (Å²) in [6.07, 6.45) is -4.14. The van der Waals surface area contributed by atoms with Crippen LogP contribution in [0.25, 0.3) is 0 Å². The summed E-state index contributed by atoms with van der Waals surface area (Å²) in [6, 6.07) is 13.3. The Morgan fingerprint density at radius 2 is 1.92 bits per heavy atom. The van der Waals surface area contributed by atoms with Gasteiger partial charge in [-0.25, -0.2) is 0 Å². The Bertz CT molecular complexity index is 1300. The molecule has 0 spiro atoms. The van der Waals surface area contributed by atoms with Crippen molar-refractivity contribution >= 4 is 27.6 Å². The molecule has 5 rings (SSSR count). The lowest BCUT2D eigenvalue weighted by atomic mass is 9.76. The lowest BCUT2D eigenvalue weighted by molar-refractivity contribution is -0.138. The highest BCUT2D eigenvalue weighted by Crippen LogP contribution is 2.51. The Labute approximate surface area is 206 Å². The van der Waals surface area contributed by atoms with Crippen molar-refractivity contribution in [2.24, 2.45) is 14.7 Å². The van der Waals surface area contributed by atoms with Crippen LogP contribution in [-0.4, -0.2) is 39.4 Å². The van der Waals surface area contributed by atoms with E-state index >= 15 is 0 Å². The summed E-state index contributed by atoms with van der Waals surface area (Å²) < 4.78 is 82.7. The van der Waals surface area contributed by atoms with Crippen LogP contribution in [0.1, 0.15) is 48.6 Å². The highest BCUT2D eigenvalue weighted by atomic mass is 32.2. The summed E-state index contributed by atoms with van der Waals surface area (Å²) in [5.74, 6) is -0.212. The van der Waals surface area contributed by atoms with E-state index in [2.05, 4.69) is 19.4 Å². The molecule has 3 aliphatic heterocycles. The van der Waals surface area contributed by atoms with Crippen molar-refractivity contribution in [3.8, 4) is 0 Å². The summed E-state index contributed by atoms with van der Waals surface area (Å²) in [5, 5.41) is 6.36. The second-order valence-corrected chi connectivity index (χ2v) is 10.1. The summed E-state index contributed by atoms with van der Waals surface area (Å²) in [7, 11) is -4.00. The molecule has 0 radical (unpaired) electrons. The van der Waals surface area contributed by atoms with Crippen LogP contribution in [0.5, 0.6) is 0 Å². The average Bonchev–Trinajstić information content (AvgIpc) is 3.15. The van der Waals surface area contributed by atoms with Gasteiger partial charge in [0, 0.05) is 23.7 Å². The van der Waals surface area contributed by atoms with E-state index in [1.807, 2.05) is 30.3 Å². The maximum absolute atomic E-state index is 13.5. The average molecular weight is 523 g/mol. The molecule has 0 aromatic heterocycles. The summed E-state index contributed by atoms with van der Waals surface area (Å²) in [4.78, 5) is 0. The number of amidine groups is 1. The molecule has 0 aliphatic carbocycles. The molecule has 12 heteroatoms. The minimum Gasteiger partial charge on any atom is -0.475 e. The van der Waals surface area contributed by atoms with E-state index in [0.717, 1.165) is 17.7 Å². The van der Waals surface area contributed by atoms with Crippen LogP contribution in [0.4, 0.5) is 18.9 Å². The Kier molecular flexibility index (Phi) is 6.41. The molecule has 0 unspecified atom stereocenters. The molecular formula is C24H25F3N4O4S. The standard InChI is InChI=1S/C24H25F3N4O4S/c1-2-34-23-22(30-36(32,33)31-23)28-13-16-9-10-17-20(14-6-4-3-5-7-14)29-19-11-8-15(24(25,26)27)12-18(19)21(17)35-16/h3-8,11-12,16-17,20-21,29H,2,9-10,13H2,1H3,(H,28,30)/t16-,17+,20+,21+/m1/s1. The van der Waals surface area contributed by atoms with Gasteiger partial charge in [0.1, 0.15) is 0 Å². The molecule has 3 heterocycles. The van der Waals surface area contributed by atoms with E-state index in [-0.39, 0.29) is 36.8 Å². The first-order valence-corrected chi connectivity index (χ1v) is 13.0. The predicted molar refractivity (Wildman–Crippen MR) is 128 cm³/mol. The summed E-state index contributed by atoms with van der Waals surface area (Å²) in [6.45, 7) is 2.11. The van der Waals surface area contributed by atoms with Gasteiger partial charge >= 0.3 is 16.4 Å². The van der Waals surface area contributed by atoms with Crippen molar-refractivity contribution in [1.29, 1.82) is 0 Å². The highest BCUT2D eigenvalue weighted by Gasteiger charge is 2.43. The Morgan fingerprint density at radius 1 is 1.14 bits per heavy atom. The fourth-order valence-electron chi connectivity index (χ4n) is 4.95. The Balaban J connectivity index is 1.41. The van der Waals surface area contributed by atoms with Gasteiger partial charge in [0.25, 0.3) is 5.90 Å². The smallest absolute Gasteiger partial charge is 0.416 e. The molecule has 0 bridgehead atoms. The van der Waals surface area contributed by atoms with Crippen molar-refractivity contribution in [2.75, 3.05) is 18.5 Å². The number of hydrogen-bond donors (Lipinski definition) is 2. The normalized spacial score (nSPS) is 26.7. The van der Waals surface area contributed by atoms with Gasteiger partial charge in [0.2, 0.25) is 5.84 Å². The fourth-order valence-corrected chi connectivity index (χ4v) is 5.71. The van der Waals surface area contributed by atoms with Gasteiger partial charge in [-0.3, -0.25) is 0 Å². The number of rotatable bonds is 4. The monoisotopic (exact) mass is 522 g/mol. The van der Waals surface area contributed by atoms with E-state index in [1.54, 1.807) is 6.92 Å². The predicted octanol–water partition coefficient (Wildman–Crippen LogP) is 4.39. The van der Waals surface area contributed by atoms with Gasteiger partial charge in [0.15, 0.2) is 0 Å². The molecule has 0 saturated carbocycles. The first-order chi connectivity index (χ1) is 17.1. The minimum atomic E-state index is -4.47. The van der Waals surface area contributed by atoms with Crippen molar-refractivity contribution < 1.29 is 31.1 Å². The number of hydrogen-bond acceptors (Lipinski definition) is 6. The zero-order valence-corrected chi connectivity index (χ0v) is 20.1. The third-order valence-corrected chi connectivity index (χ3v) is 7.33. The number of benzene rings is 2. The second kappa shape index (κ2) is 9.40. The molecule has 1 saturated heterocycles. The van der Waals surface area contributed by atoms with Gasteiger partial charge < -0.3 is 20.1 Å².